The molecule has 2 heterocycles. The lowest BCUT2D eigenvalue weighted by atomic mass is 10.1. The third-order valence-corrected chi connectivity index (χ3v) is 4.30. The normalized spacial score (nSPS) is 17.0. The van der Waals surface area contributed by atoms with Crippen molar-refractivity contribution < 1.29 is 18.7 Å². The zero-order chi connectivity index (χ0) is 16.9. The van der Waals surface area contributed by atoms with Crippen LogP contribution in [0.5, 0.6) is 0 Å². The average Bonchev–Trinajstić information content (AvgIpc) is 3.12. The van der Waals surface area contributed by atoms with Gasteiger partial charge in [0.25, 0.3) is 0 Å². The molecule has 0 aliphatic carbocycles. The molecule has 2 aromatic rings. The molecule has 1 aliphatic heterocycles. The van der Waals surface area contributed by atoms with Crippen molar-refractivity contribution >= 4 is 5.91 Å². The topological polar surface area (TPSA) is 56.9 Å². The highest BCUT2D eigenvalue weighted by Crippen LogP contribution is 2.16. The number of β-amino-alcohol motifs (C(OH)–C–C–N with tert-alkyl or cyclic N) is 1. The minimum Gasteiger partial charge on any atom is -0.467 e. The highest BCUT2D eigenvalue weighted by molar-refractivity contribution is 5.78. The van der Waals surface area contributed by atoms with E-state index in [0.717, 1.165) is 5.56 Å². The Morgan fingerprint density at radius 1 is 1.17 bits per heavy atom. The molecule has 1 saturated heterocycles. The Kier molecular flexibility index (Phi) is 5.27. The maximum Gasteiger partial charge on any atom is 0.227 e. The van der Waals surface area contributed by atoms with Crippen molar-refractivity contribution in [2.45, 2.75) is 12.5 Å². The van der Waals surface area contributed by atoms with Crippen LogP contribution in [0.2, 0.25) is 0 Å². The van der Waals surface area contributed by atoms with Crippen molar-refractivity contribution in [1.29, 1.82) is 0 Å². The maximum atomic E-state index is 12.9. The molecule has 6 heteroatoms. The summed E-state index contributed by atoms with van der Waals surface area (Å²) in [6.45, 7) is 3.18. The minimum absolute atomic E-state index is 0.0489. The average molecular weight is 332 g/mol. The number of carbonyl (C=O) groups excluding carboxylic acids is 1. The molecule has 1 amide bonds. The van der Waals surface area contributed by atoms with Crippen molar-refractivity contribution in [3.63, 3.8) is 0 Å². The lowest BCUT2D eigenvalue weighted by molar-refractivity contribution is -0.132. The minimum atomic E-state index is -0.651. The zero-order valence-electron chi connectivity index (χ0n) is 13.4. The monoisotopic (exact) mass is 332 g/mol. The van der Waals surface area contributed by atoms with E-state index in [0.29, 0.717) is 38.5 Å². The molecule has 0 saturated carbocycles. The Hall–Kier alpha value is -2.18. The van der Waals surface area contributed by atoms with Crippen LogP contribution < -0.4 is 0 Å². The van der Waals surface area contributed by atoms with E-state index in [4.69, 9.17) is 4.42 Å². The van der Waals surface area contributed by atoms with Gasteiger partial charge in [-0.05, 0) is 29.8 Å². The number of benzene rings is 1. The van der Waals surface area contributed by atoms with Gasteiger partial charge in [0.1, 0.15) is 17.7 Å². The number of aliphatic hydroxyl groups is 1. The van der Waals surface area contributed by atoms with E-state index in [-0.39, 0.29) is 18.1 Å². The first-order valence-corrected chi connectivity index (χ1v) is 8.08. The first-order chi connectivity index (χ1) is 11.6. The van der Waals surface area contributed by atoms with Crippen molar-refractivity contribution in [2.24, 2.45) is 0 Å². The molecule has 1 aliphatic rings. The Morgan fingerprint density at radius 3 is 2.50 bits per heavy atom. The van der Waals surface area contributed by atoms with Gasteiger partial charge in [-0.1, -0.05) is 12.1 Å². The van der Waals surface area contributed by atoms with Crippen LogP contribution in [0.3, 0.4) is 0 Å². The van der Waals surface area contributed by atoms with Gasteiger partial charge in [-0.3, -0.25) is 9.69 Å². The third-order valence-electron chi connectivity index (χ3n) is 4.30. The number of aliphatic hydroxyl groups excluding tert-OH is 1. The van der Waals surface area contributed by atoms with E-state index in [9.17, 15) is 14.3 Å². The fraction of sp³-hybridized carbons (Fsp3) is 0.389. The SMILES string of the molecule is O=C(Cc1ccc(F)cc1)N1CCN(C[C@@H](O)c2ccco2)CC1. The Balaban J connectivity index is 1.46. The fourth-order valence-corrected chi connectivity index (χ4v) is 2.88. The van der Waals surface area contributed by atoms with Gasteiger partial charge in [0.2, 0.25) is 5.91 Å². The summed E-state index contributed by atoms with van der Waals surface area (Å²) < 4.78 is 18.1. The summed E-state index contributed by atoms with van der Waals surface area (Å²) in [5.74, 6) is 0.313. The predicted octanol–water partition coefficient (Wildman–Crippen LogP) is 1.84. The molecule has 24 heavy (non-hydrogen) atoms. The molecule has 0 spiro atoms. The molecule has 0 bridgehead atoms. The molecular weight excluding hydrogens is 311 g/mol. The summed E-state index contributed by atoms with van der Waals surface area (Å²) in [4.78, 5) is 16.3. The summed E-state index contributed by atoms with van der Waals surface area (Å²) in [6.07, 6.45) is 1.18. The van der Waals surface area contributed by atoms with Crippen LogP contribution >= 0.6 is 0 Å². The van der Waals surface area contributed by atoms with Crippen LogP contribution in [-0.2, 0) is 11.2 Å². The molecule has 0 unspecified atom stereocenters. The van der Waals surface area contributed by atoms with Crippen LogP contribution in [0.25, 0.3) is 0 Å². The smallest absolute Gasteiger partial charge is 0.227 e. The molecule has 1 N–H and O–H groups in total. The standard InChI is InChI=1S/C18H21FN2O3/c19-15-5-3-14(4-6-15)12-18(23)21-9-7-20(8-10-21)13-16(22)17-2-1-11-24-17/h1-6,11,16,22H,7-10,12-13H2/t16-/m1/s1. The molecule has 128 valence electrons. The van der Waals surface area contributed by atoms with Gasteiger partial charge >= 0.3 is 0 Å². The maximum absolute atomic E-state index is 12.9. The van der Waals surface area contributed by atoms with Gasteiger partial charge in [0.15, 0.2) is 0 Å². The molecule has 1 aromatic heterocycles. The van der Waals surface area contributed by atoms with Gasteiger partial charge in [-0.15, -0.1) is 0 Å². The van der Waals surface area contributed by atoms with E-state index < -0.39 is 6.10 Å². The number of carbonyl (C=O) groups is 1. The summed E-state index contributed by atoms with van der Waals surface area (Å²) >= 11 is 0. The molecule has 1 aromatic carbocycles. The first-order valence-electron chi connectivity index (χ1n) is 8.08. The number of rotatable bonds is 5. The second kappa shape index (κ2) is 7.59. The number of hydrogen-bond acceptors (Lipinski definition) is 4. The van der Waals surface area contributed by atoms with Crippen LogP contribution in [0.15, 0.2) is 47.1 Å². The number of amides is 1. The fourth-order valence-electron chi connectivity index (χ4n) is 2.88. The lowest BCUT2D eigenvalue weighted by Gasteiger charge is -2.35. The van der Waals surface area contributed by atoms with Gasteiger partial charge in [0.05, 0.1) is 12.7 Å². The molecule has 1 atom stereocenters. The van der Waals surface area contributed by atoms with Crippen LogP contribution in [-0.4, -0.2) is 53.5 Å². The number of hydrogen-bond donors (Lipinski definition) is 1. The summed E-state index contributed by atoms with van der Waals surface area (Å²) in [7, 11) is 0. The predicted molar refractivity (Wildman–Crippen MR) is 86.8 cm³/mol. The van der Waals surface area contributed by atoms with Crippen molar-refractivity contribution in [2.75, 3.05) is 32.7 Å². The summed E-state index contributed by atoms with van der Waals surface area (Å²) in [5.41, 5.74) is 0.817. The van der Waals surface area contributed by atoms with Gasteiger partial charge in [0, 0.05) is 32.7 Å². The Morgan fingerprint density at radius 2 is 1.88 bits per heavy atom. The van der Waals surface area contributed by atoms with Crippen LogP contribution in [0.1, 0.15) is 17.4 Å². The number of nitrogens with zero attached hydrogens (tertiary/aromatic N) is 2. The molecule has 0 radical (unpaired) electrons. The van der Waals surface area contributed by atoms with E-state index in [1.54, 1.807) is 30.5 Å². The lowest BCUT2D eigenvalue weighted by Crippen LogP contribution is -2.50. The number of furan rings is 1. The molecule has 1 fully saturated rings. The zero-order valence-corrected chi connectivity index (χ0v) is 13.4. The largest absolute Gasteiger partial charge is 0.467 e. The van der Waals surface area contributed by atoms with Gasteiger partial charge in [-0.25, -0.2) is 4.39 Å². The molecule has 5 nitrogen and oxygen atoms in total. The van der Waals surface area contributed by atoms with E-state index in [2.05, 4.69) is 4.90 Å². The van der Waals surface area contributed by atoms with Crippen molar-refractivity contribution in [3.8, 4) is 0 Å². The third kappa shape index (κ3) is 4.21. The van der Waals surface area contributed by atoms with Crippen molar-refractivity contribution in [1.82, 2.24) is 9.80 Å². The summed E-state index contributed by atoms with van der Waals surface area (Å²) in [5, 5.41) is 10.1. The number of halogens is 1. The second-order valence-electron chi connectivity index (χ2n) is 6.02. The van der Waals surface area contributed by atoms with E-state index in [1.165, 1.54) is 12.1 Å². The first kappa shape index (κ1) is 16.7. The highest BCUT2D eigenvalue weighted by Gasteiger charge is 2.23. The number of piperazine rings is 1. The van der Waals surface area contributed by atoms with E-state index >= 15 is 0 Å². The van der Waals surface area contributed by atoms with Gasteiger partial charge < -0.3 is 14.4 Å². The second-order valence-corrected chi connectivity index (χ2v) is 6.02. The molecular formula is C18H21FN2O3. The quantitative estimate of drug-likeness (QED) is 0.908. The Labute approximate surface area is 140 Å². The molecule has 3 rings (SSSR count). The van der Waals surface area contributed by atoms with Crippen LogP contribution in [0, 0.1) is 5.82 Å². The highest BCUT2D eigenvalue weighted by atomic mass is 19.1. The summed E-state index contributed by atoms with van der Waals surface area (Å²) in [6, 6.07) is 9.54. The van der Waals surface area contributed by atoms with Gasteiger partial charge in [-0.2, -0.15) is 0 Å². The van der Waals surface area contributed by atoms with Crippen molar-refractivity contribution in [3.05, 3.63) is 59.8 Å². The Bertz CT molecular complexity index is 649. The van der Waals surface area contributed by atoms with E-state index in [1.807, 2.05) is 4.90 Å². The van der Waals surface area contributed by atoms with Crippen LogP contribution in [0.4, 0.5) is 4.39 Å².